The number of ether oxygens (including phenoxy) is 2. The second-order valence-electron chi connectivity index (χ2n) is 3.41. The van der Waals surface area contributed by atoms with E-state index in [1.54, 1.807) is 7.11 Å². The van der Waals surface area contributed by atoms with Crippen molar-refractivity contribution in [3.63, 3.8) is 0 Å². The molecule has 0 bridgehead atoms. The molecule has 0 aliphatic heterocycles. The average Bonchev–Trinajstić information content (AvgIpc) is 2.34. The molecule has 0 unspecified atom stereocenters. The highest BCUT2D eigenvalue weighted by atomic mass is 79.9. The van der Waals surface area contributed by atoms with E-state index in [4.69, 9.17) is 9.47 Å². The lowest BCUT2D eigenvalue weighted by Gasteiger charge is -2.07. The minimum absolute atomic E-state index is 0.0633. The molecule has 1 N–H and O–H groups in total. The molecule has 0 spiro atoms. The molecular formula is C12H16BrNO3. The van der Waals surface area contributed by atoms with Crippen molar-refractivity contribution in [3.05, 3.63) is 34.3 Å². The van der Waals surface area contributed by atoms with E-state index in [0.29, 0.717) is 19.8 Å². The van der Waals surface area contributed by atoms with Gasteiger partial charge in [0.2, 0.25) is 5.91 Å². The lowest BCUT2D eigenvalue weighted by Crippen LogP contribution is -2.27. The predicted molar refractivity (Wildman–Crippen MR) is 68.7 cm³/mol. The van der Waals surface area contributed by atoms with Gasteiger partial charge in [-0.05, 0) is 11.6 Å². The van der Waals surface area contributed by atoms with Gasteiger partial charge in [-0.1, -0.05) is 34.1 Å². The van der Waals surface area contributed by atoms with Crippen LogP contribution in [-0.2, 0) is 20.8 Å². The first-order chi connectivity index (χ1) is 8.24. The molecule has 0 aliphatic rings. The van der Waals surface area contributed by atoms with Crippen LogP contribution in [0.3, 0.4) is 0 Å². The van der Waals surface area contributed by atoms with Crippen LogP contribution in [0.5, 0.6) is 0 Å². The van der Waals surface area contributed by atoms with Gasteiger partial charge in [0, 0.05) is 18.1 Å². The Labute approximate surface area is 109 Å². The Morgan fingerprint density at radius 1 is 1.35 bits per heavy atom. The lowest BCUT2D eigenvalue weighted by atomic mass is 10.2. The first-order valence-electron chi connectivity index (χ1n) is 5.31. The van der Waals surface area contributed by atoms with Gasteiger partial charge < -0.3 is 14.8 Å². The molecule has 0 fully saturated rings. The highest BCUT2D eigenvalue weighted by molar-refractivity contribution is 9.10. The van der Waals surface area contributed by atoms with Crippen molar-refractivity contribution < 1.29 is 14.3 Å². The maximum Gasteiger partial charge on any atom is 0.246 e. The van der Waals surface area contributed by atoms with Gasteiger partial charge in [-0.15, -0.1) is 0 Å². The zero-order valence-electron chi connectivity index (χ0n) is 9.74. The third-order valence-electron chi connectivity index (χ3n) is 2.10. The molecular weight excluding hydrogens is 286 g/mol. The van der Waals surface area contributed by atoms with Gasteiger partial charge in [-0.25, -0.2) is 0 Å². The van der Waals surface area contributed by atoms with Crippen LogP contribution >= 0.6 is 15.9 Å². The summed E-state index contributed by atoms with van der Waals surface area (Å²) in [6, 6.07) is 7.76. The molecule has 5 heteroatoms. The predicted octanol–water partition coefficient (Wildman–Crippen LogP) is 1.73. The van der Waals surface area contributed by atoms with Gasteiger partial charge >= 0.3 is 0 Å². The van der Waals surface area contributed by atoms with Gasteiger partial charge in [0.25, 0.3) is 0 Å². The Hall–Kier alpha value is -0.910. The Kier molecular flexibility index (Phi) is 6.84. The van der Waals surface area contributed by atoms with E-state index < -0.39 is 0 Å². The SMILES string of the molecule is COCCOCC(=O)NCc1ccccc1Br. The Morgan fingerprint density at radius 2 is 2.12 bits per heavy atom. The quantitative estimate of drug-likeness (QED) is 0.780. The number of rotatable bonds is 7. The molecule has 0 saturated heterocycles. The summed E-state index contributed by atoms with van der Waals surface area (Å²) in [5, 5.41) is 2.78. The van der Waals surface area contributed by atoms with Crippen LogP contribution in [0.1, 0.15) is 5.56 Å². The molecule has 94 valence electrons. The van der Waals surface area contributed by atoms with E-state index in [-0.39, 0.29) is 12.5 Å². The second-order valence-corrected chi connectivity index (χ2v) is 4.27. The van der Waals surface area contributed by atoms with Crippen LogP contribution in [0.2, 0.25) is 0 Å². The van der Waals surface area contributed by atoms with E-state index in [0.717, 1.165) is 10.0 Å². The van der Waals surface area contributed by atoms with Gasteiger partial charge in [-0.2, -0.15) is 0 Å². The standard InChI is InChI=1S/C12H16BrNO3/c1-16-6-7-17-9-12(15)14-8-10-4-2-3-5-11(10)13/h2-5H,6-9H2,1H3,(H,14,15). The first-order valence-corrected chi connectivity index (χ1v) is 6.10. The zero-order chi connectivity index (χ0) is 12.5. The van der Waals surface area contributed by atoms with Crippen molar-refractivity contribution in [3.8, 4) is 0 Å². The van der Waals surface area contributed by atoms with Crippen molar-refractivity contribution in [1.29, 1.82) is 0 Å². The van der Waals surface area contributed by atoms with Gasteiger partial charge in [0.05, 0.1) is 13.2 Å². The smallest absolute Gasteiger partial charge is 0.246 e. The number of hydrogen-bond acceptors (Lipinski definition) is 3. The summed E-state index contributed by atoms with van der Waals surface area (Å²) >= 11 is 3.42. The highest BCUT2D eigenvalue weighted by Crippen LogP contribution is 2.15. The van der Waals surface area contributed by atoms with Crippen LogP contribution in [-0.4, -0.2) is 32.8 Å². The Bertz CT molecular complexity index is 357. The van der Waals surface area contributed by atoms with E-state index in [1.165, 1.54) is 0 Å². The van der Waals surface area contributed by atoms with Crippen molar-refractivity contribution >= 4 is 21.8 Å². The summed E-state index contributed by atoms with van der Waals surface area (Å²) in [5.74, 6) is -0.128. The van der Waals surface area contributed by atoms with Crippen LogP contribution in [0.15, 0.2) is 28.7 Å². The Morgan fingerprint density at radius 3 is 2.82 bits per heavy atom. The van der Waals surface area contributed by atoms with E-state index in [9.17, 15) is 4.79 Å². The summed E-state index contributed by atoms with van der Waals surface area (Å²) in [7, 11) is 1.59. The molecule has 0 saturated carbocycles. The van der Waals surface area contributed by atoms with E-state index in [2.05, 4.69) is 21.2 Å². The molecule has 4 nitrogen and oxygen atoms in total. The molecule has 1 aromatic carbocycles. The van der Waals surface area contributed by atoms with Crippen LogP contribution in [0.25, 0.3) is 0 Å². The lowest BCUT2D eigenvalue weighted by molar-refractivity contribution is -0.126. The fourth-order valence-electron chi connectivity index (χ4n) is 1.19. The number of amides is 1. The monoisotopic (exact) mass is 301 g/mol. The summed E-state index contributed by atoms with van der Waals surface area (Å²) in [6.45, 7) is 1.48. The number of hydrogen-bond donors (Lipinski definition) is 1. The maximum absolute atomic E-state index is 11.4. The number of carbonyl (C=O) groups excluding carboxylic acids is 1. The third kappa shape index (κ3) is 5.81. The largest absolute Gasteiger partial charge is 0.382 e. The summed E-state index contributed by atoms with van der Waals surface area (Å²) in [4.78, 5) is 11.4. The summed E-state index contributed by atoms with van der Waals surface area (Å²) in [6.07, 6.45) is 0. The topological polar surface area (TPSA) is 47.6 Å². The first kappa shape index (κ1) is 14.2. The highest BCUT2D eigenvalue weighted by Gasteiger charge is 2.03. The minimum Gasteiger partial charge on any atom is -0.382 e. The maximum atomic E-state index is 11.4. The van der Waals surface area contributed by atoms with Gasteiger partial charge in [0.15, 0.2) is 0 Å². The second kappa shape index (κ2) is 8.22. The normalized spacial score (nSPS) is 10.2. The number of methoxy groups -OCH3 is 1. The molecule has 1 amide bonds. The molecule has 0 aromatic heterocycles. The number of halogens is 1. The van der Waals surface area contributed by atoms with Crippen LogP contribution in [0, 0.1) is 0 Å². The number of nitrogens with one attached hydrogen (secondary N) is 1. The molecule has 1 rings (SSSR count). The summed E-state index contributed by atoms with van der Waals surface area (Å²) < 4.78 is 10.9. The number of benzene rings is 1. The van der Waals surface area contributed by atoms with Crippen molar-refractivity contribution in [2.24, 2.45) is 0 Å². The Balaban J connectivity index is 2.22. The summed E-state index contributed by atoms with van der Waals surface area (Å²) in [5.41, 5.74) is 1.04. The molecule has 17 heavy (non-hydrogen) atoms. The average molecular weight is 302 g/mol. The van der Waals surface area contributed by atoms with Crippen molar-refractivity contribution in [2.75, 3.05) is 26.9 Å². The molecule has 0 aliphatic carbocycles. The van der Waals surface area contributed by atoms with Crippen molar-refractivity contribution in [2.45, 2.75) is 6.54 Å². The molecule has 0 radical (unpaired) electrons. The van der Waals surface area contributed by atoms with Crippen molar-refractivity contribution in [1.82, 2.24) is 5.32 Å². The fourth-order valence-corrected chi connectivity index (χ4v) is 1.62. The van der Waals surface area contributed by atoms with Crippen LogP contribution in [0.4, 0.5) is 0 Å². The van der Waals surface area contributed by atoms with E-state index in [1.807, 2.05) is 24.3 Å². The van der Waals surface area contributed by atoms with Crippen LogP contribution < -0.4 is 5.32 Å². The number of carbonyl (C=O) groups is 1. The minimum atomic E-state index is -0.128. The third-order valence-corrected chi connectivity index (χ3v) is 2.87. The molecule has 1 aromatic rings. The van der Waals surface area contributed by atoms with E-state index >= 15 is 0 Å². The molecule has 0 heterocycles. The molecule has 0 atom stereocenters. The zero-order valence-corrected chi connectivity index (χ0v) is 11.3. The fraction of sp³-hybridized carbons (Fsp3) is 0.417. The van der Waals surface area contributed by atoms with Gasteiger partial charge in [0.1, 0.15) is 6.61 Å². The van der Waals surface area contributed by atoms with Gasteiger partial charge in [-0.3, -0.25) is 4.79 Å².